The van der Waals surface area contributed by atoms with Crippen LogP contribution >= 0.6 is 11.3 Å². The fourth-order valence-electron chi connectivity index (χ4n) is 1.19. The summed E-state index contributed by atoms with van der Waals surface area (Å²) < 4.78 is 10.5. The topological polar surface area (TPSA) is 30.5 Å². The van der Waals surface area contributed by atoms with Gasteiger partial charge in [-0.05, 0) is 18.6 Å². The molecule has 90 valence electrons. The Labute approximate surface area is 101 Å². The smallest absolute Gasteiger partial charge is 0.173 e. The summed E-state index contributed by atoms with van der Waals surface area (Å²) in [6, 6.07) is 4.07. The Hall–Kier alpha value is -0.840. The van der Waals surface area contributed by atoms with Crippen LogP contribution in [0, 0.1) is 0 Å². The van der Waals surface area contributed by atoms with Crippen molar-refractivity contribution in [3.63, 3.8) is 0 Å². The van der Waals surface area contributed by atoms with Gasteiger partial charge in [0.1, 0.15) is 0 Å². The highest BCUT2D eigenvalue weighted by Crippen LogP contribution is 2.23. The van der Waals surface area contributed by atoms with E-state index in [9.17, 15) is 0 Å². The standard InChI is InChI=1S/C12H19NO2S/c1-3-4-8-15-9-7-13-10-11-5-6-12(14-2)16-11/h3,5-6,13H,1,4,7-10H2,2H3. The minimum absolute atomic E-state index is 0.746. The zero-order valence-electron chi connectivity index (χ0n) is 9.70. The molecule has 0 saturated carbocycles. The van der Waals surface area contributed by atoms with Crippen molar-refractivity contribution in [1.82, 2.24) is 5.32 Å². The maximum Gasteiger partial charge on any atom is 0.173 e. The molecule has 16 heavy (non-hydrogen) atoms. The fourth-order valence-corrected chi connectivity index (χ4v) is 1.98. The van der Waals surface area contributed by atoms with E-state index in [-0.39, 0.29) is 0 Å². The summed E-state index contributed by atoms with van der Waals surface area (Å²) >= 11 is 1.67. The Morgan fingerprint density at radius 2 is 2.31 bits per heavy atom. The second-order valence-corrected chi connectivity index (χ2v) is 4.42. The second kappa shape index (κ2) is 8.33. The Kier molecular flexibility index (Phi) is 6.88. The Bertz CT molecular complexity index is 299. The second-order valence-electron chi connectivity index (χ2n) is 3.29. The summed E-state index contributed by atoms with van der Waals surface area (Å²) in [6.45, 7) is 6.89. The number of hydrogen-bond donors (Lipinski definition) is 1. The lowest BCUT2D eigenvalue weighted by atomic mass is 10.4. The van der Waals surface area contributed by atoms with Gasteiger partial charge < -0.3 is 14.8 Å². The predicted octanol–water partition coefficient (Wildman–Crippen LogP) is 2.44. The average molecular weight is 241 g/mol. The van der Waals surface area contributed by atoms with Crippen molar-refractivity contribution < 1.29 is 9.47 Å². The van der Waals surface area contributed by atoms with Crippen LogP contribution in [0.2, 0.25) is 0 Å². The van der Waals surface area contributed by atoms with Crippen LogP contribution < -0.4 is 10.1 Å². The summed E-state index contributed by atoms with van der Waals surface area (Å²) in [5, 5.41) is 4.28. The van der Waals surface area contributed by atoms with Crippen LogP contribution in [0.4, 0.5) is 0 Å². The van der Waals surface area contributed by atoms with E-state index < -0.39 is 0 Å². The number of hydrogen-bond acceptors (Lipinski definition) is 4. The highest BCUT2D eigenvalue weighted by atomic mass is 32.1. The SMILES string of the molecule is C=CCCOCCNCc1ccc(OC)s1. The van der Waals surface area contributed by atoms with Gasteiger partial charge in [0.2, 0.25) is 0 Å². The molecular formula is C12H19NO2S. The molecule has 0 aliphatic carbocycles. The summed E-state index contributed by atoms with van der Waals surface area (Å²) in [5.41, 5.74) is 0. The molecule has 0 bridgehead atoms. The van der Waals surface area contributed by atoms with E-state index in [1.54, 1.807) is 18.4 Å². The van der Waals surface area contributed by atoms with Crippen LogP contribution in [0.3, 0.4) is 0 Å². The van der Waals surface area contributed by atoms with Crippen molar-refractivity contribution in [2.45, 2.75) is 13.0 Å². The van der Waals surface area contributed by atoms with Crippen LogP contribution in [0.5, 0.6) is 5.06 Å². The van der Waals surface area contributed by atoms with Gasteiger partial charge >= 0.3 is 0 Å². The van der Waals surface area contributed by atoms with E-state index in [2.05, 4.69) is 18.0 Å². The van der Waals surface area contributed by atoms with E-state index in [0.717, 1.165) is 37.8 Å². The zero-order valence-corrected chi connectivity index (χ0v) is 10.5. The van der Waals surface area contributed by atoms with Gasteiger partial charge in [-0.25, -0.2) is 0 Å². The van der Waals surface area contributed by atoms with Crippen molar-refractivity contribution in [2.24, 2.45) is 0 Å². The molecule has 0 saturated heterocycles. The van der Waals surface area contributed by atoms with Crippen molar-refractivity contribution >= 4 is 11.3 Å². The number of methoxy groups -OCH3 is 1. The highest BCUT2D eigenvalue weighted by molar-refractivity contribution is 7.13. The Morgan fingerprint density at radius 3 is 3.00 bits per heavy atom. The molecular weight excluding hydrogens is 222 g/mol. The lowest BCUT2D eigenvalue weighted by Gasteiger charge is -2.03. The van der Waals surface area contributed by atoms with Crippen LogP contribution in [0.1, 0.15) is 11.3 Å². The highest BCUT2D eigenvalue weighted by Gasteiger charge is 1.98. The average Bonchev–Trinajstić information content (AvgIpc) is 2.76. The molecule has 1 aromatic rings. The van der Waals surface area contributed by atoms with Gasteiger partial charge in [0.05, 0.1) is 20.3 Å². The lowest BCUT2D eigenvalue weighted by molar-refractivity contribution is 0.140. The summed E-state index contributed by atoms with van der Waals surface area (Å²) in [5.74, 6) is 0. The fraction of sp³-hybridized carbons (Fsp3) is 0.500. The van der Waals surface area contributed by atoms with Crippen LogP contribution in [-0.2, 0) is 11.3 Å². The molecule has 0 radical (unpaired) electrons. The summed E-state index contributed by atoms with van der Waals surface area (Å²) in [7, 11) is 1.69. The van der Waals surface area contributed by atoms with E-state index in [4.69, 9.17) is 9.47 Å². The lowest BCUT2D eigenvalue weighted by Crippen LogP contribution is -2.18. The Balaban J connectivity index is 2.00. The molecule has 0 aliphatic heterocycles. The van der Waals surface area contributed by atoms with E-state index in [1.807, 2.05) is 12.1 Å². The number of nitrogens with one attached hydrogen (secondary N) is 1. The van der Waals surface area contributed by atoms with Gasteiger partial charge in [0.25, 0.3) is 0 Å². The van der Waals surface area contributed by atoms with Crippen LogP contribution in [0.15, 0.2) is 24.8 Å². The molecule has 4 heteroatoms. The van der Waals surface area contributed by atoms with Crippen molar-refractivity contribution in [3.05, 3.63) is 29.7 Å². The van der Waals surface area contributed by atoms with Gasteiger partial charge in [-0.1, -0.05) is 6.08 Å². The Morgan fingerprint density at radius 1 is 1.44 bits per heavy atom. The van der Waals surface area contributed by atoms with Gasteiger partial charge in [0.15, 0.2) is 5.06 Å². The maximum atomic E-state index is 5.38. The van der Waals surface area contributed by atoms with Gasteiger partial charge in [-0.15, -0.1) is 17.9 Å². The van der Waals surface area contributed by atoms with Gasteiger partial charge in [-0.3, -0.25) is 0 Å². The largest absolute Gasteiger partial charge is 0.487 e. The minimum Gasteiger partial charge on any atom is -0.487 e. The quantitative estimate of drug-likeness (QED) is 0.532. The molecule has 0 aromatic carbocycles. The van der Waals surface area contributed by atoms with Crippen molar-refractivity contribution in [2.75, 3.05) is 26.9 Å². The molecule has 0 amide bonds. The van der Waals surface area contributed by atoms with E-state index >= 15 is 0 Å². The molecule has 0 spiro atoms. The first-order valence-electron chi connectivity index (χ1n) is 5.39. The van der Waals surface area contributed by atoms with Gasteiger partial charge in [-0.2, -0.15) is 0 Å². The summed E-state index contributed by atoms with van der Waals surface area (Å²) in [4.78, 5) is 1.28. The number of rotatable bonds is 9. The molecule has 1 heterocycles. The first-order chi connectivity index (χ1) is 7.86. The number of thiophene rings is 1. The number of ether oxygens (including phenoxy) is 2. The molecule has 0 aliphatic rings. The summed E-state index contributed by atoms with van der Waals surface area (Å²) in [6.07, 6.45) is 2.79. The first kappa shape index (κ1) is 13.2. The molecule has 0 unspecified atom stereocenters. The van der Waals surface area contributed by atoms with Crippen molar-refractivity contribution in [1.29, 1.82) is 0 Å². The minimum atomic E-state index is 0.746. The third kappa shape index (κ3) is 5.30. The molecule has 3 nitrogen and oxygen atoms in total. The first-order valence-corrected chi connectivity index (χ1v) is 6.20. The third-order valence-corrected chi connectivity index (χ3v) is 3.07. The molecule has 1 N–H and O–H groups in total. The van der Waals surface area contributed by atoms with E-state index in [1.165, 1.54) is 4.88 Å². The predicted molar refractivity (Wildman–Crippen MR) is 68.2 cm³/mol. The van der Waals surface area contributed by atoms with Gasteiger partial charge in [0, 0.05) is 18.0 Å². The molecule has 0 atom stereocenters. The normalized spacial score (nSPS) is 10.3. The van der Waals surface area contributed by atoms with Crippen LogP contribution in [0.25, 0.3) is 0 Å². The van der Waals surface area contributed by atoms with E-state index in [0.29, 0.717) is 0 Å². The molecule has 1 rings (SSSR count). The monoisotopic (exact) mass is 241 g/mol. The van der Waals surface area contributed by atoms with Crippen molar-refractivity contribution in [3.8, 4) is 5.06 Å². The van der Waals surface area contributed by atoms with Crippen LogP contribution in [-0.4, -0.2) is 26.9 Å². The molecule has 0 fully saturated rings. The maximum absolute atomic E-state index is 5.38. The third-order valence-electron chi connectivity index (χ3n) is 2.03. The molecule has 1 aromatic heterocycles. The zero-order chi connectivity index (χ0) is 11.6.